The number of fused-ring (bicyclic) bond motifs is 1. The summed E-state index contributed by atoms with van der Waals surface area (Å²) in [5, 5.41) is 0. The molecule has 1 aromatic carbocycles. The van der Waals surface area contributed by atoms with Gasteiger partial charge in [0.2, 0.25) is 0 Å². The van der Waals surface area contributed by atoms with Crippen molar-refractivity contribution < 1.29 is 0 Å². The summed E-state index contributed by atoms with van der Waals surface area (Å²) in [5.41, 5.74) is 8.28. The van der Waals surface area contributed by atoms with Crippen molar-refractivity contribution in [3.63, 3.8) is 0 Å². The van der Waals surface area contributed by atoms with Crippen LogP contribution in [0.25, 0.3) is 11.0 Å². The lowest BCUT2D eigenvalue weighted by Crippen LogP contribution is -2.12. The highest BCUT2D eigenvalue weighted by molar-refractivity contribution is 6.28. The third-order valence-corrected chi connectivity index (χ3v) is 2.53. The Labute approximate surface area is 98.5 Å². The summed E-state index contributed by atoms with van der Waals surface area (Å²) >= 11 is 5.57. The number of halogens is 1. The van der Waals surface area contributed by atoms with E-state index in [9.17, 15) is 0 Å². The SMILES string of the molecule is CCc1nc2ccc(N=C(N)CCl)cc2[nH]1. The normalized spacial score (nSPS) is 12.2. The van der Waals surface area contributed by atoms with Crippen molar-refractivity contribution in [2.24, 2.45) is 10.7 Å². The average molecular weight is 237 g/mol. The molecule has 0 atom stereocenters. The smallest absolute Gasteiger partial charge is 0.115 e. The predicted molar refractivity (Wildman–Crippen MR) is 67.5 cm³/mol. The first-order chi connectivity index (χ1) is 7.72. The molecule has 4 nitrogen and oxygen atoms in total. The Morgan fingerprint density at radius 1 is 1.56 bits per heavy atom. The lowest BCUT2D eigenvalue weighted by atomic mass is 10.3. The third kappa shape index (κ3) is 2.17. The van der Waals surface area contributed by atoms with Crippen molar-refractivity contribution in [3.05, 3.63) is 24.0 Å². The van der Waals surface area contributed by atoms with Gasteiger partial charge in [-0.15, -0.1) is 11.6 Å². The minimum atomic E-state index is 0.237. The molecule has 0 amide bonds. The maximum atomic E-state index is 5.57. The van der Waals surface area contributed by atoms with Gasteiger partial charge in [-0.1, -0.05) is 6.92 Å². The zero-order chi connectivity index (χ0) is 11.5. The molecule has 2 aromatic rings. The zero-order valence-corrected chi connectivity index (χ0v) is 9.75. The minimum absolute atomic E-state index is 0.237. The molecule has 1 heterocycles. The number of nitrogens with zero attached hydrogens (tertiary/aromatic N) is 2. The molecule has 1 aromatic heterocycles. The Morgan fingerprint density at radius 2 is 2.38 bits per heavy atom. The van der Waals surface area contributed by atoms with E-state index in [4.69, 9.17) is 17.3 Å². The Hall–Kier alpha value is -1.55. The van der Waals surface area contributed by atoms with Gasteiger partial charge in [-0.25, -0.2) is 9.98 Å². The number of H-pyrrole nitrogens is 1. The van der Waals surface area contributed by atoms with Crippen LogP contribution in [0.3, 0.4) is 0 Å². The number of aromatic nitrogens is 2. The van der Waals surface area contributed by atoms with Gasteiger partial charge in [-0.3, -0.25) is 0 Å². The summed E-state index contributed by atoms with van der Waals surface area (Å²) in [6.07, 6.45) is 0.886. The minimum Gasteiger partial charge on any atom is -0.386 e. The fourth-order valence-electron chi connectivity index (χ4n) is 1.48. The molecule has 0 saturated heterocycles. The van der Waals surface area contributed by atoms with Crippen molar-refractivity contribution >= 4 is 34.2 Å². The molecule has 0 saturated carbocycles. The topological polar surface area (TPSA) is 67.1 Å². The standard InChI is InChI=1S/C11H13ClN4/c1-2-11-15-8-4-3-7(5-9(8)16-11)14-10(13)6-12/h3-5H,2,6H2,1H3,(H2,13,14)(H,15,16). The van der Waals surface area contributed by atoms with Crippen LogP contribution in [0.4, 0.5) is 5.69 Å². The molecule has 16 heavy (non-hydrogen) atoms. The Kier molecular flexibility index (Phi) is 3.10. The second-order valence-corrected chi connectivity index (χ2v) is 3.74. The second kappa shape index (κ2) is 4.53. The van der Waals surface area contributed by atoms with Gasteiger partial charge in [0.15, 0.2) is 0 Å². The van der Waals surface area contributed by atoms with Gasteiger partial charge in [0, 0.05) is 6.42 Å². The molecule has 0 unspecified atom stereocenters. The number of imidazole rings is 1. The van der Waals surface area contributed by atoms with E-state index in [1.165, 1.54) is 0 Å². The maximum Gasteiger partial charge on any atom is 0.115 e. The summed E-state index contributed by atoms with van der Waals surface area (Å²) in [7, 11) is 0. The lowest BCUT2D eigenvalue weighted by Gasteiger charge is -1.96. The van der Waals surface area contributed by atoms with Gasteiger partial charge < -0.3 is 10.7 Å². The van der Waals surface area contributed by atoms with E-state index in [0.717, 1.165) is 29.0 Å². The molecule has 0 aliphatic carbocycles. The molecule has 5 heteroatoms. The number of nitrogens with one attached hydrogen (secondary N) is 1. The molecule has 3 N–H and O–H groups in total. The molecule has 0 spiro atoms. The van der Waals surface area contributed by atoms with Gasteiger partial charge in [0.1, 0.15) is 11.7 Å². The first kappa shape index (κ1) is 11.0. The molecule has 0 aliphatic rings. The highest BCUT2D eigenvalue weighted by atomic mass is 35.5. The number of amidine groups is 1. The molecular weight excluding hydrogens is 224 g/mol. The van der Waals surface area contributed by atoms with Crippen molar-refractivity contribution in [1.29, 1.82) is 0 Å². The number of benzene rings is 1. The molecule has 0 fully saturated rings. The number of aromatic amines is 1. The summed E-state index contributed by atoms with van der Waals surface area (Å²) in [5.74, 6) is 1.62. The Bertz CT molecular complexity index is 530. The number of alkyl halides is 1. The number of aryl methyl sites for hydroxylation is 1. The fraction of sp³-hybridized carbons (Fsp3) is 0.273. The van der Waals surface area contributed by atoms with Crippen LogP contribution in [0.2, 0.25) is 0 Å². The number of aliphatic imine (C=N–C) groups is 1. The number of rotatable bonds is 3. The van der Waals surface area contributed by atoms with Crippen LogP contribution in [-0.4, -0.2) is 21.7 Å². The van der Waals surface area contributed by atoms with Gasteiger partial charge in [0.25, 0.3) is 0 Å². The Morgan fingerprint density at radius 3 is 3.06 bits per heavy atom. The molecular formula is C11H13ClN4. The van der Waals surface area contributed by atoms with E-state index in [-0.39, 0.29) is 5.88 Å². The van der Waals surface area contributed by atoms with Crippen LogP contribution in [0.5, 0.6) is 0 Å². The van der Waals surface area contributed by atoms with E-state index in [1.54, 1.807) is 0 Å². The molecule has 0 radical (unpaired) electrons. The number of hydrogen-bond donors (Lipinski definition) is 2. The zero-order valence-electron chi connectivity index (χ0n) is 9.00. The molecule has 2 rings (SSSR count). The number of hydrogen-bond acceptors (Lipinski definition) is 2. The quantitative estimate of drug-likeness (QED) is 0.488. The average Bonchev–Trinajstić information content (AvgIpc) is 2.71. The van der Waals surface area contributed by atoms with Crippen molar-refractivity contribution in [2.75, 3.05) is 5.88 Å². The molecule has 84 valence electrons. The summed E-state index contributed by atoms with van der Waals surface area (Å²) in [6.45, 7) is 2.06. The lowest BCUT2D eigenvalue weighted by molar-refractivity contribution is 1.00. The van der Waals surface area contributed by atoms with E-state index in [2.05, 4.69) is 21.9 Å². The van der Waals surface area contributed by atoms with Gasteiger partial charge in [0.05, 0.1) is 22.6 Å². The van der Waals surface area contributed by atoms with E-state index in [1.807, 2.05) is 18.2 Å². The number of nitrogens with two attached hydrogens (primary N) is 1. The van der Waals surface area contributed by atoms with Gasteiger partial charge in [-0.05, 0) is 18.2 Å². The van der Waals surface area contributed by atoms with Crippen LogP contribution in [0.1, 0.15) is 12.7 Å². The largest absolute Gasteiger partial charge is 0.386 e. The fourth-order valence-corrected chi connectivity index (χ4v) is 1.54. The van der Waals surface area contributed by atoms with Crippen LogP contribution < -0.4 is 5.73 Å². The van der Waals surface area contributed by atoms with Crippen molar-refractivity contribution in [1.82, 2.24) is 9.97 Å². The van der Waals surface area contributed by atoms with Crippen molar-refractivity contribution in [2.45, 2.75) is 13.3 Å². The molecule has 0 aliphatic heterocycles. The van der Waals surface area contributed by atoms with E-state index in [0.29, 0.717) is 5.84 Å². The first-order valence-electron chi connectivity index (χ1n) is 5.10. The van der Waals surface area contributed by atoms with Crippen LogP contribution in [0, 0.1) is 0 Å². The second-order valence-electron chi connectivity index (χ2n) is 3.48. The van der Waals surface area contributed by atoms with Crippen LogP contribution in [0.15, 0.2) is 23.2 Å². The van der Waals surface area contributed by atoms with E-state index >= 15 is 0 Å². The summed E-state index contributed by atoms with van der Waals surface area (Å²) in [4.78, 5) is 11.8. The van der Waals surface area contributed by atoms with Gasteiger partial charge in [-0.2, -0.15) is 0 Å². The predicted octanol–water partition coefficient (Wildman–Crippen LogP) is 2.35. The summed E-state index contributed by atoms with van der Waals surface area (Å²) < 4.78 is 0. The molecule has 0 bridgehead atoms. The maximum absolute atomic E-state index is 5.57. The monoisotopic (exact) mass is 236 g/mol. The van der Waals surface area contributed by atoms with Crippen molar-refractivity contribution in [3.8, 4) is 0 Å². The van der Waals surface area contributed by atoms with Gasteiger partial charge >= 0.3 is 0 Å². The van der Waals surface area contributed by atoms with Crippen LogP contribution in [-0.2, 0) is 6.42 Å². The summed E-state index contributed by atoms with van der Waals surface area (Å²) in [6, 6.07) is 5.72. The Balaban J connectivity index is 2.43. The highest BCUT2D eigenvalue weighted by Crippen LogP contribution is 2.19. The first-order valence-corrected chi connectivity index (χ1v) is 5.64. The van der Waals surface area contributed by atoms with Crippen LogP contribution >= 0.6 is 11.6 Å². The van der Waals surface area contributed by atoms with E-state index < -0.39 is 0 Å². The highest BCUT2D eigenvalue weighted by Gasteiger charge is 2.01. The third-order valence-electron chi connectivity index (χ3n) is 2.26.